The number of anilines is 3. The normalized spacial score (nSPS) is 16.7. The number of para-hydroxylation sites is 2. The van der Waals surface area contributed by atoms with Crippen LogP contribution in [0, 0.1) is 0 Å². The fraction of sp³-hybridized carbons (Fsp3) is 0.189. The van der Waals surface area contributed by atoms with Crippen LogP contribution >= 0.6 is 0 Å². The van der Waals surface area contributed by atoms with Gasteiger partial charge in [0.05, 0.1) is 7.11 Å². The maximum absolute atomic E-state index is 5.28. The molecule has 4 nitrogen and oxygen atoms in total. The van der Waals surface area contributed by atoms with Gasteiger partial charge in [-0.3, -0.25) is 0 Å². The van der Waals surface area contributed by atoms with E-state index in [2.05, 4.69) is 138 Å². The molecule has 206 valence electrons. The molecule has 0 N–H and O–H groups in total. The van der Waals surface area contributed by atoms with E-state index in [-0.39, 0.29) is 0 Å². The van der Waals surface area contributed by atoms with Gasteiger partial charge in [0, 0.05) is 67.8 Å². The molecule has 0 fully saturated rings. The van der Waals surface area contributed by atoms with E-state index in [0.717, 1.165) is 42.9 Å². The van der Waals surface area contributed by atoms with Crippen LogP contribution in [0.25, 0.3) is 23.3 Å². The molecule has 41 heavy (non-hydrogen) atoms. The molecule has 0 unspecified atom stereocenters. The van der Waals surface area contributed by atoms with Crippen LogP contribution in [0.4, 0.5) is 17.1 Å². The van der Waals surface area contributed by atoms with E-state index < -0.39 is 0 Å². The third-order valence-corrected chi connectivity index (χ3v) is 8.12. The van der Waals surface area contributed by atoms with Crippen molar-refractivity contribution >= 4 is 40.4 Å². The minimum absolute atomic E-state index is 0.870. The zero-order valence-electron chi connectivity index (χ0n) is 24.1. The molecule has 0 radical (unpaired) electrons. The first-order valence-corrected chi connectivity index (χ1v) is 14.3. The lowest BCUT2D eigenvalue weighted by molar-refractivity contribution is 0.415. The molecule has 0 saturated heterocycles. The molecule has 0 aliphatic carbocycles. The molecule has 0 aromatic heterocycles. The predicted octanol–water partition coefficient (Wildman–Crippen LogP) is 8.43. The van der Waals surface area contributed by atoms with Gasteiger partial charge in [-0.2, -0.15) is 0 Å². The first-order chi connectivity index (χ1) is 20.1. The molecule has 0 bridgehead atoms. The van der Waals surface area contributed by atoms with Gasteiger partial charge < -0.3 is 19.4 Å². The molecule has 4 aromatic rings. The quantitative estimate of drug-likeness (QED) is 0.229. The number of methoxy groups -OCH3 is 1. The highest BCUT2D eigenvalue weighted by Gasteiger charge is 2.21. The van der Waals surface area contributed by atoms with Gasteiger partial charge in [-0.25, -0.2) is 0 Å². The Hall–Kier alpha value is -4.70. The van der Waals surface area contributed by atoms with Crippen molar-refractivity contribution in [2.24, 2.45) is 0 Å². The van der Waals surface area contributed by atoms with Gasteiger partial charge in [-0.15, -0.1) is 0 Å². The van der Waals surface area contributed by atoms with Crippen molar-refractivity contribution < 1.29 is 4.74 Å². The lowest BCUT2D eigenvalue weighted by Gasteiger charge is -2.32. The monoisotopic (exact) mass is 539 g/mol. The summed E-state index contributed by atoms with van der Waals surface area (Å²) in [5.74, 6) is 0.870. The smallest absolute Gasteiger partial charge is 0.118 e. The van der Waals surface area contributed by atoms with E-state index >= 15 is 0 Å². The van der Waals surface area contributed by atoms with Gasteiger partial charge in [0.25, 0.3) is 0 Å². The summed E-state index contributed by atoms with van der Waals surface area (Å²) >= 11 is 0. The fourth-order valence-corrected chi connectivity index (χ4v) is 5.70. The highest BCUT2D eigenvalue weighted by molar-refractivity contribution is 5.84. The van der Waals surface area contributed by atoms with Crippen LogP contribution in [0.1, 0.15) is 35.1 Å². The lowest BCUT2D eigenvalue weighted by atomic mass is 9.95. The Bertz CT molecular complexity index is 1530. The maximum atomic E-state index is 5.28. The first kappa shape index (κ1) is 26.5. The minimum Gasteiger partial charge on any atom is -0.497 e. The third kappa shape index (κ3) is 5.78. The van der Waals surface area contributed by atoms with Crippen LogP contribution in [0.15, 0.2) is 109 Å². The summed E-state index contributed by atoms with van der Waals surface area (Å²) in [5, 5.41) is 0. The molecule has 2 aliphatic heterocycles. The molecular formula is C37H37N3O. The number of nitrogens with zero attached hydrogens (tertiary/aromatic N) is 3. The number of rotatable bonds is 6. The number of fused-ring (bicyclic) bond motifs is 2. The zero-order valence-corrected chi connectivity index (χ0v) is 24.1. The van der Waals surface area contributed by atoms with E-state index in [0.29, 0.717) is 0 Å². The largest absolute Gasteiger partial charge is 0.497 e. The average molecular weight is 540 g/mol. The van der Waals surface area contributed by atoms with Crippen LogP contribution in [0.3, 0.4) is 0 Å². The van der Waals surface area contributed by atoms with Crippen molar-refractivity contribution in [3.8, 4) is 5.75 Å². The van der Waals surface area contributed by atoms with E-state index in [9.17, 15) is 0 Å². The SMILES string of the molecule is COc1ccc(C=Cc2ccc(N(C=C3CCN(C)c4ccccc43)C=C3CCN(C)c4ccccc43)cc2)cc1. The molecule has 6 rings (SSSR count). The molecular weight excluding hydrogens is 502 g/mol. The van der Waals surface area contributed by atoms with E-state index in [1.165, 1.54) is 39.2 Å². The first-order valence-electron chi connectivity index (χ1n) is 14.3. The molecule has 4 aromatic carbocycles. The maximum Gasteiger partial charge on any atom is 0.118 e. The molecule has 4 heteroatoms. The van der Waals surface area contributed by atoms with Crippen LogP contribution in [-0.2, 0) is 0 Å². The van der Waals surface area contributed by atoms with Crippen LogP contribution in [0.2, 0.25) is 0 Å². The Morgan fingerprint density at radius 1 is 0.610 bits per heavy atom. The highest BCUT2D eigenvalue weighted by atomic mass is 16.5. The summed E-state index contributed by atoms with van der Waals surface area (Å²) in [6, 6.07) is 34.5. The Labute approximate surface area is 244 Å². The Morgan fingerprint density at radius 3 is 1.56 bits per heavy atom. The molecule has 0 amide bonds. The Morgan fingerprint density at radius 2 is 1.07 bits per heavy atom. The zero-order chi connectivity index (χ0) is 28.2. The van der Waals surface area contributed by atoms with Gasteiger partial charge in [0.2, 0.25) is 0 Å². The van der Waals surface area contributed by atoms with Crippen molar-refractivity contribution in [2.75, 3.05) is 49.0 Å². The van der Waals surface area contributed by atoms with E-state index in [4.69, 9.17) is 4.74 Å². The van der Waals surface area contributed by atoms with Crippen LogP contribution in [-0.4, -0.2) is 34.3 Å². The van der Waals surface area contributed by atoms with Crippen molar-refractivity contribution in [3.63, 3.8) is 0 Å². The van der Waals surface area contributed by atoms with Gasteiger partial charge in [0.1, 0.15) is 5.75 Å². The number of hydrogen-bond donors (Lipinski definition) is 0. The fourth-order valence-electron chi connectivity index (χ4n) is 5.70. The number of benzene rings is 4. The summed E-state index contributed by atoms with van der Waals surface area (Å²) in [6.45, 7) is 2.02. The summed E-state index contributed by atoms with van der Waals surface area (Å²) in [5.41, 5.74) is 11.4. The van der Waals surface area contributed by atoms with Crippen molar-refractivity contribution in [3.05, 3.63) is 132 Å². The van der Waals surface area contributed by atoms with Gasteiger partial charge in [-0.05, 0) is 71.5 Å². The topological polar surface area (TPSA) is 19.0 Å². The Kier molecular flexibility index (Phi) is 7.64. The average Bonchev–Trinajstić information content (AvgIpc) is 3.03. The number of hydrogen-bond acceptors (Lipinski definition) is 4. The standard InChI is InChI=1S/C37H37N3O/c1-38-24-22-30(34-8-4-6-10-36(34)38)26-40(27-31-23-25-39(2)37-11-7-5-9-35(31)37)32-18-14-28(15-19-32)12-13-29-16-20-33(41-3)21-17-29/h4-21,26-27H,22-25H2,1-3H3. The van der Waals surface area contributed by atoms with E-state index in [1.807, 2.05) is 12.1 Å². The number of ether oxygens (including phenoxy) is 1. The van der Waals surface area contributed by atoms with E-state index in [1.54, 1.807) is 7.11 Å². The molecule has 2 aliphatic rings. The van der Waals surface area contributed by atoms with Crippen molar-refractivity contribution in [2.45, 2.75) is 12.8 Å². The highest BCUT2D eigenvalue weighted by Crippen LogP contribution is 2.37. The summed E-state index contributed by atoms with van der Waals surface area (Å²) < 4.78 is 5.28. The third-order valence-electron chi connectivity index (χ3n) is 8.12. The molecule has 0 saturated carbocycles. The van der Waals surface area contributed by atoms with Crippen LogP contribution < -0.4 is 19.4 Å². The summed E-state index contributed by atoms with van der Waals surface area (Å²) in [7, 11) is 6.06. The Balaban J connectivity index is 1.36. The second-order valence-corrected chi connectivity index (χ2v) is 10.8. The van der Waals surface area contributed by atoms with Crippen LogP contribution in [0.5, 0.6) is 5.75 Å². The van der Waals surface area contributed by atoms with Gasteiger partial charge in [-0.1, -0.05) is 72.8 Å². The van der Waals surface area contributed by atoms with Crippen molar-refractivity contribution in [1.29, 1.82) is 0 Å². The summed E-state index contributed by atoms with van der Waals surface area (Å²) in [4.78, 5) is 7.05. The second kappa shape index (κ2) is 11.8. The predicted molar refractivity (Wildman–Crippen MR) is 175 cm³/mol. The molecule has 0 spiro atoms. The summed E-state index contributed by atoms with van der Waals surface area (Å²) in [6.07, 6.45) is 11.0. The van der Waals surface area contributed by atoms with Crippen molar-refractivity contribution in [1.82, 2.24) is 0 Å². The molecule has 0 atom stereocenters. The molecule has 2 heterocycles. The van der Waals surface area contributed by atoms with Gasteiger partial charge in [0.15, 0.2) is 0 Å². The second-order valence-electron chi connectivity index (χ2n) is 10.8. The van der Waals surface area contributed by atoms with Gasteiger partial charge >= 0.3 is 0 Å². The minimum atomic E-state index is 0.870. The lowest BCUT2D eigenvalue weighted by Crippen LogP contribution is -2.25.